The largest absolute Gasteiger partial charge is 0.466 e. The Labute approximate surface area is 183 Å². The lowest BCUT2D eigenvalue weighted by Crippen LogP contribution is -2.45. The van der Waals surface area contributed by atoms with Crippen LogP contribution >= 0.6 is 7.60 Å². The van der Waals surface area contributed by atoms with Crippen LogP contribution in [0.2, 0.25) is 18.1 Å². The highest BCUT2D eigenvalue weighted by Gasteiger charge is 2.40. The van der Waals surface area contributed by atoms with Crippen LogP contribution in [-0.4, -0.2) is 51.7 Å². The Morgan fingerprint density at radius 1 is 1.03 bits per heavy atom. The summed E-state index contributed by atoms with van der Waals surface area (Å²) in [5.74, 6) is -0.684. The smallest absolute Gasteiger partial charge is 0.340 e. The molecule has 0 rings (SSSR count). The predicted octanol–water partition coefficient (Wildman–Crippen LogP) is 5.50. The second-order valence-electron chi connectivity index (χ2n) is 7.53. The van der Waals surface area contributed by atoms with Gasteiger partial charge in [-0.1, -0.05) is 20.8 Å². The van der Waals surface area contributed by atoms with E-state index < -0.39 is 33.1 Å². The Kier molecular flexibility index (Phi) is 13.2. The van der Waals surface area contributed by atoms with Crippen LogP contribution in [0.5, 0.6) is 0 Å². The fraction of sp³-hybridized carbons (Fsp3) is 0.810. The SMILES string of the molecule is CCOP(=O)(OCC)C(C)C(=O)CC[C@](C)(/C=C/C(=O)OC)O[Si](CC)(CC)CC. The molecule has 0 heterocycles. The van der Waals surface area contributed by atoms with Crippen LogP contribution in [-0.2, 0) is 32.4 Å². The first-order chi connectivity index (χ1) is 14.0. The Balaban J connectivity index is 5.60. The summed E-state index contributed by atoms with van der Waals surface area (Å²) in [7, 11) is -4.21. The molecule has 0 aromatic carbocycles. The number of ether oxygens (including phenoxy) is 1. The molecule has 0 amide bonds. The number of carbonyl (C=O) groups is 2. The van der Waals surface area contributed by atoms with Crippen molar-refractivity contribution in [1.29, 1.82) is 0 Å². The van der Waals surface area contributed by atoms with Crippen molar-refractivity contribution in [3.05, 3.63) is 12.2 Å². The van der Waals surface area contributed by atoms with Crippen molar-refractivity contribution in [1.82, 2.24) is 0 Å². The van der Waals surface area contributed by atoms with E-state index in [1.807, 2.05) is 6.92 Å². The van der Waals surface area contributed by atoms with E-state index >= 15 is 0 Å². The number of esters is 1. The zero-order chi connectivity index (χ0) is 23.4. The van der Waals surface area contributed by atoms with Gasteiger partial charge in [0.2, 0.25) is 0 Å². The number of carbonyl (C=O) groups excluding carboxylic acids is 2. The van der Waals surface area contributed by atoms with E-state index in [4.69, 9.17) is 18.2 Å². The molecule has 0 saturated heterocycles. The Hall–Kier alpha value is -0.793. The van der Waals surface area contributed by atoms with Gasteiger partial charge in [0.1, 0.15) is 11.4 Å². The van der Waals surface area contributed by atoms with Gasteiger partial charge in [-0.05, 0) is 58.3 Å². The van der Waals surface area contributed by atoms with Crippen LogP contribution < -0.4 is 0 Å². The summed E-state index contributed by atoms with van der Waals surface area (Å²) >= 11 is 0. The maximum atomic E-state index is 12.9. The third-order valence-electron chi connectivity index (χ3n) is 5.58. The van der Waals surface area contributed by atoms with Crippen LogP contribution in [0.15, 0.2) is 12.2 Å². The predicted molar refractivity (Wildman–Crippen MR) is 122 cm³/mol. The normalized spacial score (nSPS) is 15.7. The minimum absolute atomic E-state index is 0.134. The molecule has 7 nitrogen and oxygen atoms in total. The average Bonchev–Trinajstić information content (AvgIpc) is 2.74. The third kappa shape index (κ3) is 8.75. The Morgan fingerprint density at radius 3 is 1.93 bits per heavy atom. The lowest BCUT2D eigenvalue weighted by molar-refractivity contribution is -0.134. The molecule has 0 radical (unpaired) electrons. The van der Waals surface area contributed by atoms with E-state index in [1.165, 1.54) is 13.2 Å². The quantitative estimate of drug-likeness (QED) is 0.129. The van der Waals surface area contributed by atoms with E-state index in [-0.39, 0.29) is 25.4 Å². The molecule has 0 saturated carbocycles. The molecule has 0 aliphatic heterocycles. The highest BCUT2D eigenvalue weighted by molar-refractivity contribution is 7.55. The van der Waals surface area contributed by atoms with Gasteiger partial charge in [0.25, 0.3) is 0 Å². The van der Waals surface area contributed by atoms with Gasteiger partial charge >= 0.3 is 13.6 Å². The number of hydrogen-bond donors (Lipinski definition) is 0. The molecule has 0 N–H and O–H groups in total. The molecule has 0 aliphatic rings. The monoisotopic (exact) mass is 464 g/mol. The second kappa shape index (κ2) is 13.6. The zero-order valence-electron chi connectivity index (χ0n) is 20.0. The maximum absolute atomic E-state index is 12.9. The first-order valence-electron chi connectivity index (χ1n) is 10.9. The van der Waals surface area contributed by atoms with Gasteiger partial charge in [-0.25, -0.2) is 4.79 Å². The van der Waals surface area contributed by atoms with Crippen LogP contribution in [0.3, 0.4) is 0 Å². The molecule has 0 bridgehead atoms. The molecule has 0 spiro atoms. The Morgan fingerprint density at radius 2 is 1.53 bits per heavy atom. The standard InChI is InChI=1S/C21H41O7PSi/c1-9-26-29(24,27-10-2)18(6)19(22)14-16-21(7,17-15-20(23)25-8)28-30(11-3,12-4)13-5/h15,17-18H,9-14,16H2,1-8H3/b17-15+/t18?,21-/m1/s1. The van der Waals surface area contributed by atoms with Gasteiger partial charge in [-0.2, -0.15) is 0 Å². The molecule has 0 fully saturated rings. The van der Waals surface area contributed by atoms with Gasteiger partial charge < -0.3 is 18.2 Å². The number of rotatable bonds is 16. The fourth-order valence-electron chi connectivity index (χ4n) is 3.32. The van der Waals surface area contributed by atoms with E-state index in [1.54, 1.807) is 26.8 Å². The van der Waals surface area contributed by atoms with E-state index in [2.05, 4.69) is 20.8 Å². The Bertz CT molecular complexity index is 600. The van der Waals surface area contributed by atoms with Crippen molar-refractivity contribution in [3.8, 4) is 0 Å². The number of methoxy groups -OCH3 is 1. The van der Waals surface area contributed by atoms with Crippen molar-refractivity contribution >= 4 is 27.7 Å². The summed E-state index contributed by atoms with van der Waals surface area (Å²) in [6.45, 7) is 13.7. The summed E-state index contributed by atoms with van der Waals surface area (Å²) in [5, 5.41) is 0. The van der Waals surface area contributed by atoms with Gasteiger partial charge in [0, 0.05) is 12.5 Å². The molecule has 30 heavy (non-hydrogen) atoms. The molecule has 0 aromatic rings. The number of hydrogen-bond acceptors (Lipinski definition) is 7. The molecule has 0 aliphatic carbocycles. The molecule has 9 heteroatoms. The van der Waals surface area contributed by atoms with Crippen molar-refractivity contribution in [2.75, 3.05) is 20.3 Å². The summed E-state index contributed by atoms with van der Waals surface area (Å²) in [6, 6.07) is 2.82. The van der Waals surface area contributed by atoms with E-state index in [0.717, 1.165) is 18.1 Å². The summed E-state index contributed by atoms with van der Waals surface area (Å²) in [5.41, 5.74) is -1.67. The highest BCUT2D eigenvalue weighted by Crippen LogP contribution is 2.53. The highest BCUT2D eigenvalue weighted by atomic mass is 31.2. The first kappa shape index (κ1) is 29.2. The van der Waals surface area contributed by atoms with Gasteiger partial charge in [-0.3, -0.25) is 9.36 Å². The molecule has 2 atom stereocenters. The zero-order valence-corrected chi connectivity index (χ0v) is 21.9. The number of ketones is 1. The van der Waals surface area contributed by atoms with Crippen molar-refractivity contribution < 1.29 is 32.4 Å². The average molecular weight is 465 g/mol. The molecule has 176 valence electrons. The van der Waals surface area contributed by atoms with E-state index in [0.29, 0.717) is 6.42 Å². The minimum atomic E-state index is -3.52. The van der Waals surface area contributed by atoms with Crippen molar-refractivity contribution in [2.45, 2.75) is 90.7 Å². The van der Waals surface area contributed by atoms with Crippen LogP contribution in [0.25, 0.3) is 0 Å². The maximum Gasteiger partial charge on any atom is 0.340 e. The van der Waals surface area contributed by atoms with Crippen LogP contribution in [0, 0.1) is 0 Å². The van der Waals surface area contributed by atoms with Crippen LogP contribution in [0.1, 0.15) is 61.3 Å². The summed E-state index contributed by atoms with van der Waals surface area (Å²) in [4.78, 5) is 24.5. The van der Waals surface area contributed by atoms with Crippen molar-refractivity contribution in [3.63, 3.8) is 0 Å². The lowest BCUT2D eigenvalue weighted by Gasteiger charge is -2.39. The fourth-order valence-corrected chi connectivity index (χ4v) is 8.13. The third-order valence-corrected chi connectivity index (χ3v) is 12.8. The summed E-state index contributed by atoms with van der Waals surface area (Å²) < 4.78 is 34.9. The topological polar surface area (TPSA) is 88.1 Å². The summed E-state index contributed by atoms with van der Waals surface area (Å²) in [6.07, 6.45) is 3.52. The molecular formula is C21H41O7PSi. The van der Waals surface area contributed by atoms with E-state index in [9.17, 15) is 14.2 Å². The second-order valence-corrected chi connectivity index (χ2v) is 14.6. The van der Waals surface area contributed by atoms with Gasteiger partial charge in [0.05, 0.1) is 25.9 Å². The van der Waals surface area contributed by atoms with Crippen molar-refractivity contribution in [2.24, 2.45) is 0 Å². The first-order valence-corrected chi connectivity index (χ1v) is 15.0. The molecular weight excluding hydrogens is 423 g/mol. The van der Waals surface area contributed by atoms with Gasteiger partial charge in [-0.15, -0.1) is 0 Å². The van der Waals surface area contributed by atoms with Gasteiger partial charge in [0.15, 0.2) is 8.32 Å². The molecule has 1 unspecified atom stereocenters. The minimum Gasteiger partial charge on any atom is -0.466 e. The van der Waals surface area contributed by atoms with Crippen LogP contribution in [0.4, 0.5) is 0 Å². The number of Topliss-reactive ketones (excluding diaryl/α,β-unsaturated/α-hetero) is 1. The lowest BCUT2D eigenvalue weighted by atomic mass is 9.97. The molecule has 0 aromatic heterocycles.